The van der Waals surface area contributed by atoms with Gasteiger partial charge in [-0.1, -0.05) is 23.7 Å². The number of ether oxygens (including phenoxy) is 1. The maximum absolute atomic E-state index is 13.2. The topological polar surface area (TPSA) is 54.1 Å². The van der Waals surface area contributed by atoms with Crippen molar-refractivity contribution in [2.75, 3.05) is 13.2 Å². The Labute approximate surface area is 156 Å². The number of hydrogen-bond acceptors (Lipinski definition) is 2. The minimum Gasteiger partial charge on any atom is -0.492 e. The highest BCUT2D eigenvalue weighted by Crippen LogP contribution is 2.23. The number of carbonyl (C=O) groups is 1. The number of aromatic nitrogens is 1. The minimum absolute atomic E-state index is 0.0151. The lowest BCUT2D eigenvalue weighted by molar-refractivity contribution is -0.121. The third kappa shape index (κ3) is 4.76. The Hall–Kier alpha value is -2.53. The van der Waals surface area contributed by atoms with Crippen LogP contribution in [0.3, 0.4) is 0 Å². The number of aromatic amines is 1. The summed E-state index contributed by atoms with van der Waals surface area (Å²) in [6.45, 7) is 0.972. The van der Waals surface area contributed by atoms with Gasteiger partial charge >= 0.3 is 0 Å². The number of benzene rings is 2. The number of rotatable bonds is 8. The Morgan fingerprint density at radius 2 is 2.08 bits per heavy atom. The van der Waals surface area contributed by atoms with Crippen LogP contribution in [0.25, 0.3) is 10.9 Å². The van der Waals surface area contributed by atoms with Gasteiger partial charge in [0.1, 0.15) is 11.6 Å². The maximum Gasteiger partial charge on any atom is 0.220 e. The van der Waals surface area contributed by atoms with Gasteiger partial charge in [0, 0.05) is 30.1 Å². The lowest BCUT2D eigenvalue weighted by Gasteiger charge is -2.08. The monoisotopic (exact) mass is 374 g/mol. The van der Waals surface area contributed by atoms with Gasteiger partial charge in [-0.2, -0.15) is 0 Å². The molecule has 1 aromatic heterocycles. The normalized spacial score (nSPS) is 10.8. The standard InChI is InChI=1S/C20H20ClFN2O2/c21-17-4-1-2-5-19(17)26-11-3-6-20(25)23-10-9-14-13-24-18-12-15(22)7-8-16(14)18/h1-2,4-5,7-8,12-13,24H,3,6,9-11H2,(H,23,25). The maximum atomic E-state index is 13.2. The average Bonchev–Trinajstić information content (AvgIpc) is 3.02. The summed E-state index contributed by atoms with van der Waals surface area (Å²) in [6.07, 6.45) is 3.55. The summed E-state index contributed by atoms with van der Waals surface area (Å²) in [7, 11) is 0. The fourth-order valence-electron chi connectivity index (χ4n) is 2.77. The van der Waals surface area contributed by atoms with E-state index in [1.807, 2.05) is 18.3 Å². The number of nitrogens with one attached hydrogen (secondary N) is 2. The van der Waals surface area contributed by atoms with Gasteiger partial charge in [-0.15, -0.1) is 0 Å². The molecule has 0 radical (unpaired) electrons. The van der Waals surface area contributed by atoms with Gasteiger partial charge in [0.2, 0.25) is 5.91 Å². The first-order valence-electron chi connectivity index (χ1n) is 8.53. The molecule has 3 aromatic rings. The Morgan fingerprint density at radius 3 is 2.92 bits per heavy atom. The molecular weight excluding hydrogens is 355 g/mol. The number of hydrogen-bond donors (Lipinski definition) is 2. The molecule has 26 heavy (non-hydrogen) atoms. The van der Waals surface area contributed by atoms with Crippen molar-refractivity contribution < 1.29 is 13.9 Å². The highest BCUT2D eigenvalue weighted by molar-refractivity contribution is 6.32. The van der Waals surface area contributed by atoms with Gasteiger partial charge in [0.05, 0.1) is 11.6 Å². The van der Waals surface area contributed by atoms with Crippen LogP contribution in [0.2, 0.25) is 5.02 Å². The minimum atomic E-state index is -0.266. The number of halogens is 2. The van der Waals surface area contributed by atoms with Crippen LogP contribution in [0.5, 0.6) is 5.75 Å². The van der Waals surface area contributed by atoms with E-state index in [1.54, 1.807) is 18.2 Å². The van der Waals surface area contributed by atoms with Crippen LogP contribution in [0, 0.1) is 5.82 Å². The Kier molecular flexibility index (Phi) is 6.12. The molecule has 0 spiro atoms. The van der Waals surface area contributed by atoms with Gasteiger partial charge in [0.25, 0.3) is 0 Å². The van der Waals surface area contributed by atoms with Crippen LogP contribution in [0.4, 0.5) is 4.39 Å². The second-order valence-corrected chi connectivity index (χ2v) is 6.39. The molecule has 136 valence electrons. The van der Waals surface area contributed by atoms with Gasteiger partial charge in [-0.25, -0.2) is 4.39 Å². The first-order chi connectivity index (χ1) is 12.6. The molecule has 3 rings (SSSR count). The van der Waals surface area contributed by atoms with Crippen molar-refractivity contribution in [1.82, 2.24) is 10.3 Å². The fourth-order valence-corrected chi connectivity index (χ4v) is 2.96. The summed E-state index contributed by atoms with van der Waals surface area (Å²) in [4.78, 5) is 15.0. The van der Waals surface area contributed by atoms with Crippen molar-refractivity contribution in [3.8, 4) is 5.75 Å². The zero-order valence-electron chi connectivity index (χ0n) is 14.2. The number of amides is 1. The first kappa shape index (κ1) is 18.3. The van der Waals surface area contributed by atoms with E-state index in [9.17, 15) is 9.18 Å². The summed E-state index contributed by atoms with van der Waals surface area (Å²) in [5, 5.41) is 4.44. The van der Waals surface area contributed by atoms with Gasteiger partial charge in [-0.05, 0) is 48.7 Å². The summed E-state index contributed by atoms with van der Waals surface area (Å²) in [6, 6.07) is 11.9. The van der Waals surface area contributed by atoms with E-state index < -0.39 is 0 Å². The van der Waals surface area contributed by atoms with Gasteiger partial charge in [0.15, 0.2) is 0 Å². The van der Waals surface area contributed by atoms with E-state index in [2.05, 4.69) is 10.3 Å². The highest BCUT2D eigenvalue weighted by Gasteiger charge is 2.06. The van der Waals surface area contributed by atoms with Crippen molar-refractivity contribution in [3.05, 3.63) is 65.1 Å². The largest absolute Gasteiger partial charge is 0.492 e. The van der Waals surface area contributed by atoms with Crippen molar-refractivity contribution in [2.24, 2.45) is 0 Å². The lowest BCUT2D eigenvalue weighted by Crippen LogP contribution is -2.25. The molecule has 1 heterocycles. The molecule has 1 amide bonds. The zero-order chi connectivity index (χ0) is 18.4. The zero-order valence-corrected chi connectivity index (χ0v) is 15.0. The predicted molar refractivity (Wildman–Crippen MR) is 101 cm³/mol. The summed E-state index contributed by atoms with van der Waals surface area (Å²) in [5.41, 5.74) is 1.82. The molecule has 0 fully saturated rings. The quantitative estimate of drug-likeness (QED) is 0.571. The van der Waals surface area contributed by atoms with E-state index in [1.165, 1.54) is 12.1 Å². The van der Waals surface area contributed by atoms with Crippen LogP contribution in [0.1, 0.15) is 18.4 Å². The molecule has 0 aliphatic rings. The predicted octanol–water partition coefficient (Wildman–Crippen LogP) is 4.48. The fraction of sp³-hybridized carbons (Fsp3) is 0.250. The van der Waals surface area contributed by atoms with E-state index in [4.69, 9.17) is 16.3 Å². The molecule has 0 atom stereocenters. The van der Waals surface area contributed by atoms with Crippen LogP contribution in [-0.2, 0) is 11.2 Å². The third-order valence-electron chi connectivity index (χ3n) is 4.09. The van der Waals surface area contributed by atoms with Crippen LogP contribution < -0.4 is 10.1 Å². The smallest absolute Gasteiger partial charge is 0.220 e. The Bertz CT molecular complexity index is 894. The summed E-state index contributed by atoms with van der Waals surface area (Å²) in [5.74, 6) is 0.349. The van der Waals surface area contributed by atoms with Crippen LogP contribution in [0.15, 0.2) is 48.7 Å². The number of carbonyl (C=O) groups excluding carboxylic acids is 1. The highest BCUT2D eigenvalue weighted by atomic mass is 35.5. The summed E-state index contributed by atoms with van der Waals surface area (Å²) >= 11 is 6.01. The van der Waals surface area contributed by atoms with Crippen molar-refractivity contribution in [3.63, 3.8) is 0 Å². The first-order valence-corrected chi connectivity index (χ1v) is 8.91. The SMILES string of the molecule is O=C(CCCOc1ccccc1Cl)NCCc1c[nH]c2cc(F)ccc12. The number of fused-ring (bicyclic) bond motifs is 1. The molecule has 0 unspecified atom stereocenters. The molecule has 0 saturated heterocycles. The molecule has 2 N–H and O–H groups in total. The molecule has 6 heteroatoms. The van der Waals surface area contributed by atoms with Gasteiger partial charge in [-0.3, -0.25) is 4.79 Å². The van der Waals surface area contributed by atoms with Gasteiger partial charge < -0.3 is 15.0 Å². The summed E-state index contributed by atoms with van der Waals surface area (Å²) < 4.78 is 18.7. The average molecular weight is 375 g/mol. The molecule has 0 bridgehead atoms. The molecular formula is C20H20ClFN2O2. The Morgan fingerprint density at radius 1 is 1.23 bits per heavy atom. The lowest BCUT2D eigenvalue weighted by atomic mass is 10.1. The number of H-pyrrole nitrogens is 1. The van der Waals surface area contributed by atoms with E-state index in [0.717, 1.165) is 16.5 Å². The second kappa shape index (κ2) is 8.72. The van der Waals surface area contributed by atoms with E-state index in [0.29, 0.717) is 43.2 Å². The van der Waals surface area contributed by atoms with Crippen molar-refractivity contribution >= 4 is 28.4 Å². The van der Waals surface area contributed by atoms with Crippen molar-refractivity contribution in [2.45, 2.75) is 19.3 Å². The van der Waals surface area contributed by atoms with Crippen molar-refractivity contribution in [1.29, 1.82) is 0 Å². The second-order valence-electron chi connectivity index (χ2n) is 5.99. The molecule has 0 aliphatic carbocycles. The number of para-hydroxylation sites is 1. The Balaban J connectivity index is 1.37. The molecule has 4 nitrogen and oxygen atoms in total. The van der Waals surface area contributed by atoms with E-state index >= 15 is 0 Å². The van der Waals surface area contributed by atoms with Crippen LogP contribution in [-0.4, -0.2) is 24.0 Å². The molecule has 2 aromatic carbocycles. The van der Waals surface area contributed by atoms with E-state index in [-0.39, 0.29) is 11.7 Å². The molecule has 0 aliphatic heterocycles. The van der Waals surface area contributed by atoms with Crippen LogP contribution >= 0.6 is 11.6 Å². The third-order valence-corrected chi connectivity index (χ3v) is 4.40. The molecule has 0 saturated carbocycles.